The molecule has 92 valence electrons. The zero-order valence-electron chi connectivity index (χ0n) is 9.52. The van der Waals surface area contributed by atoms with Gasteiger partial charge in [-0.25, -0.2) is 4.79 Å². The van der Waals surface area contributed by atoms with E-state index >= 15 is 0 Å². The lowest BCUT2D eigenvalue weighted by atomic mass is 10.1. The number of ether oxygens (including phenoxy) is 1. The number of nitrogens with zero attached hydrogens (tertiary/aromatic N) is 1. The molecule has 0 aliphatic carbocycles. The smallest absolute Gasteiger partial charge is 0.337 e. The predicted octanol–water partition coefficient (Wildman–Crippen LogP) is 2.26. The molecule has 1 atom stereocenters. The van der Waals surface area contributed by atoms with Crippen molar-refractivity contribution in [2.75, 3.05) is 25.1 Å². The van der Waals surface area contributed by atoms with Gasteiger partial charge in [-0.15, -0.1) is 0 Å². The first kappa shape index (κ1) is 12.2. The van der Waals surface area contributed by atoms with Crippen molar-refractivity contribution in [2.24, 2.45) is 0 Å². The van der Waals surface area contributed by atoms with Gasteiger partial charge in [-0.1, -0.05) is 17.7 Å². The maximum absolute atomic E-state index is 11.2. The second-order valence-corrected chi connectivity index (χ2v) is 4.44. The number of carbonyl (C=O) groups is 1. The Hall–Kier alpha value is -1.26. The van der Waals surface area contributed by atoms with Crippen molar-refractivity contribution >= 4 is 23.3 Å². The van der Waals surface area contributed by atoms with Crippen molar-refractivity contribution in [1.82, 2.24) is 0 Å². The number of benzene rings is 1. The molecule has 17 heavy (non-hydrogen) atoms. The zero-order chi connectivity index (χ0) is 12.4. The number of carboxylic acid groups (broad SMARTS) is 1. The van der Waals surface area contributed by atoms with E-state index in [-0.39, 0.29) is 11.7 Å². The van der Waals surface area contributed by atoms with Crippen molar-refractivity contribution in [1.29, 1.82) is 0 Å². The Morgan fingerprint density at radius 2 is 2.35 bits per heavy atom. The molecule has 1 aliphatic rings. The second-order valence-electron chi connectivity index (χ2n) is 4.03. The lowest BCUT2D eigenvalue weighted by Gasteiger charge is -2.21. The van der Waals surface area contributed by atoms with Crippen LogP contribution in [0.25, 0.3) is 0 Å². The molecule has 0 spiro atoms. The second kappa shape index (κ2) is 4.94. The summed E-state index contributed by atoms with van der Waals surface area (Å²) in [7, 11) is 1.67. The van der Waals surface area contributed by atoms with Gasteiger partial charge in [0.2, 0.25) is 0 Å². The monoisotopic (exact) mass is 255 g/mol. The molecule has 1 aliphatic heterocycles. The number of aromatic carboxylic acids is 1. The maximum Gasteiger partial charge on any atom is 0.337 e. The van der Waals surface area contributed by atoms with Crippen molar-refractivity contribution in [3.63, 3.8) is 0 Å². The summed E-state index contributed by atoms with van der Waals surface area (Å²) in [6.07, 6.45) is 1.04. The number of carboxylic acids is 1. The molecular formula is C12H14ClNO3. The number of halogens is 1. The SMILES string of the molecule is COC1CCN(c2c(Cl)cccc2C(=O)O)C1. The highest BCUT2D eigenvalue weighted by atomic mass is 35.5. The van der Waals surface area contributed by atoms with Crippen LogP contribution < -0.4 is 4.90 Å². The minimum Gasteiger partial charge on any atom is -0.478 e. The summed E-state index contributed by atoms with van der Waals surface area (Å²) in [5.41, 5.74) is 0.843. The first-order valence-electron chi connectivity index (χ1n) is 5.43. The van der Waals surface area contributed by atoms with Crippen LogP contribution in [-0.2, 0) is 4.74 Å². The Bertz CT molecular complexity index is 436. The van der Waals surface area contributed by atoms with Crippen LogP contribution in [0, 0.1) is 0 Å². The molecule has 0 bridgehead atoms. The van der Waals surface area contributed by atoms with Gasteiger partial charge in [0.1, 0.15) is 0 Å². The lowest BCUT2D eigenvalue weighted by molar-refractivity contribution is 0.0697. The van der Waals surface area contributed by atoms with Crippen LogP contribution in [0.2, 0.25) is 5.02 Å². The van der Waals surface area contributed by atoms with Crippen LogP contribution >= 0.6 is 11.6 Å². The van der Waals surface area contributed by atoms with E-state index < -0.39 is 5.97 Å². The summed E-state index contributed by atoms with van der Waals surface area (Å²) < 4.78 is 5.27. The largest absolute Gasteiger partial charge is 0.478 e. The molecule has 0 saturated carbocycles. The fraction of sp³-hybridized carbons (Fsp3) is 0.417. The van der Waals surface area contributed by atoms with E-state index in [0.717, 1.165) is 13.0 Å². The summed E-state index contributed by atoms with van der Waals surface area (Å²) in [6.45, 7) is 1.45. The van der Waals surface area contributed by atoms with Crippen molar-refractivity contribution in [3.05, 3.63) is 28.8 Å². The van der Waals surface area contributed by atoms with E-state index in [1.807, 2.05) is 4.90 Å². The number of methoxy groups -OCH3 is 1. The molecule has 0 aromatic heterocycles. The molecule has 0 radical (unpaired) electrons. The van der Waals surface area contributed by atoms with Gasteiger partial charge in [-0.2, -0.15) is 0 Å². The fourth-order valence-electron chi connectivity index (χ4n) is 2.13. The van der Waals surface area contributed by atoms with Crippen LogP contribution in [0.3, 0.4) is 0 Å². The van der Waals surface area contributed by atoms with E-state index in [1.165, 1.54) is 0 Å². The Morgan fingerprint density at radius 3 is 2.94 bits per heavy atom. The van der Waals surface area contributed by atoms with E-state index in [4.69, 9.17) is 21.4 Å². The molecule has 1 fully saturated rings. The molecule has 1 heterocycles. The van der Waals surface area contributed by atoms with Gasteiger partial charge in [-0.3, -0.25) is 0 Å². The van der Waals surface area contributed by atoms with Gasteiger partial charge in [0, 0.05) is 20.2 Å². The van der Waals surface area contributed by atoms with Crippen LogP contribution in [0.15, 0.2) is 18.2 Å². The third-order valence-corrected chi connectivity index (χ3v) is 3.32. The van der Waals surface area contributed by atoms with Crippen molar-refractivity contribution < 1.29 is 14.6 Å². The Balaban J connectivity index is 2.34. The Kier molecular flexibility index (Phi) is 3.54. The summed E-state index contributed by atoms with van der Waals surface area (Å²) in [6, 6.07) is 4.94. The van der Waals surface area contributed by atoms with Gasteiger partial charge in [0.25, 0.3) is 0 Å². The zero-order valence-corrected chi connectivity index (χ0v) is 10.3. The molecule has 1 aromatic rings. The van der Waals surface area contributed by atoms with Crippen molar-refractivity contribution in [2.45, 2.75) is 12.5 Å². The van der Waals surface area contributed by atoms with E-state index in [0.29, 0.717) is 17.3 Å². The highest BCUT2D eigenvalue weighted by Crippen LogP contribution is 2.32. The quantitative estimate of drug-likeness (QED) is 0.900. The molecular weight excluding hydrogens is 242 g/mol. The van der Waals surface area contributed by atoms with E-state index in [9.17, 15) is 4.79 Å². The molecule has 5 heteroatoms. The summed E-state index contributed by atoms with van der Waals surface area (Å²) in [5.74, 6) is -0.955. The van der Waals surface area contributed by atoms with Gasteiger partial charge in [0.15, 0.2) is 0 Å². The summed E-state index contributed by atoms with van der Waals surface area (Å²) >= 11 is 6.10. The van der Waals surface area contributed by atoms with Crippen LogP contribution in [0.4, 0.5) is 5.69 Å². The van der Waals surface area contributed by atoms with Crippen LogP contribution in [0.1, 0.15) is 16.8 Å². The normalized spacial score (nSPS) is 19.6. The molecule has 1 aromatic carbocycles. The Morgan fingerprint density at radius 1 is 1.59 bits per heavy atom. The maximum atomic E-state index is 11.2. The third kappa shape index (κ3) is 2.37. The number of rotatable bonds is 3. The minimum atomic E-state index is -0.955. The first-order valence-corrected chi connectivity index (χ1v) is 5.81. The van der Waals surface area contributed by atoms with E-state index in [2.05, 4.69) is 0 Å². The first-order chi connectivity index (χ1) is 8.13. The highest BCUT2D eigenvalue weighted by molar-refractivity contribution is 6.34. The Labute approximate surface area is 105 Å². The standard InChI is InChI=1S/C12H14ClNO3/c1-17-8-5-6-14(7-8)11-9(12(15)16)3-2-4-10(11)13/h2-4,8H,5-7H2,1H3,(H,15,16). The predicted molar refractivity (Wildman–Crippen MR) is 66.0 cm³/mol. The highest BCUT2D eigenvalue weighted by Gasteiger charge is 2.27. The lowest BCUT2D eigenvalue weighted by Crippen LogP contribution is -2.24. The molecule has 1 N–H and O–H groups in total. The average molecular weight is 256 g/mol. The topological polar surface area (TPSA) is 49.8 Å². The molecule has 1 saturated heterocycles. The number of anilines is 1. The fourth-order valence-corrected chi connectivity index (χ4v) is 2.43. The van der Waals surface area contributed by atoms with Gasteiger partial charge >= 0.3 is 5.97 Å². The summed E-state index contributed by atoms with van der Waals surface area (Å²) in [4.78, 5) is 13.1. The van der Waals surface area contributed by atoms with Crippen LogP contribution in [0.5, 0.6) is 0 Å². The third-order valence-electron chi connectivity index (χ3n) is 3.01. The van der Waals surface area contributed by atoms with Gasteiger partial charge in [-0.05, 0) is 18.6 Å². The van der Waals surface area contributed by atoms with Gasteiger partial charge < -0.3 is 14.7 Å². The van der Waals surface area contributed by atoms with Crippen molar-refractivity contribution in [3.8, 4) is 0 Å². The number of para-hydroxylation sites is 1. The summed E-state index contributed by atoms with van der Waals surface area (Å²) in [5, 5.41) is 9.63. The molecule has 0 amide bonds. The van der Waals surface area contributed by atoms with Crippen LogP contribution in [-0.4, -0.2) is 37.4 Å². The number of hydrogen-bond donors (Lipinski definition) is 1. The molecule has 2 rings (SSSR count). The average Bonchev–Trinajstić information content (AvgIpc) is 2.76. The van der Waals surface area contributed by atoms with E-state index in [1.54, 1.807) is 25.3 Å². The number of hydrogen-bond acceptors (Lipinski definition) is 3. The minimum absolute atomic E-state index is 0.146. The molecule has 4 nitrogen and oxygen atoms in total. The molecule has 1 unspecified atom stereocenters. The van der Waals surface area contributed by atoms with Gasteiger partial charge in [0.05, 0.1) is 22.4 Å².